The summed E-state index contributed by atoms with van der Waals surface area (Å²) < 4.78 is 5.48. The molecule has 0 radical (unpaired) electrons. The SMILES string of the molecule is CC1CC(N)CC(C(=O)N2CCOCC2(C)C)C1. The van der Waals surface area contributed by atoms with Gasteiger partial charge < -0.3 is 15.4 Å². The fraction of sp³-hybridized carbons (Fsp3) is 0.929. The first kappa shape index (κ1) is 13.8. The van der Waals surface area contributed by atoms with Crippen LogP contribution in [0, 0.1) is 11.8 Å². The predicted molar refractivity (Wildman–Crippen MR) is 71.1 cm³/mol. The van der Waals surface area contributed by atoms with E-state index < -0.39 is 0 Å². The largest absolute Gasteiger partial charge is 0.377 e. The summed E-state index contributed by atoms with van der Waals surface area (Å²) in [5.74, 6) is 0.957. The van der Waals surface area contributed by atoms with Crippen molar-refractivity contribution in [2.45, 2.75) is 51.6 Å². The van der Waals surface area contributed by atoms with Crippen LogP contribution < -0.4 is 5.73 Å². The minimum atomic E-state index is -0.180. The lowest BCUT2D eigenvalue weighted by atomic mass is 9.78. The zero-order valence-corrected chi connectivity index (χ0v) is 11.8. The molecule has 3 atom stereocenters. The van der Waals surface area contributed by atoms with Crippen LogP contribution in [0.1, 0.15) is 40.0 Å². The molecule has 1 heterocycles. The van der Waals surface area contributed by atoms with Crippen LogP contribution in [0.2, 0.25) is 0 Å². The third kappa shape index (κ3) is 2.86. The molecule has 0 spiro atoms. The lowest BCUT2D eigenvalue weighted by Gasteiger charge is -2.45. The van der Waals surface area contributed by atoms with E-state index >= 15 is 0 Å². The lowest BCUT2D eigenvalue weighted by Crippen LogP contribution is -2.57. The molecule has 4 heteroatoms. The third-order valence-corrected chi connectivity index (χ3v) is 4.24. The average Bonchev–Trinajstić information content (AvgIpc) is 2.26. The maximum absolute atomic E-state index is 12.7. The summed E-state index contributed by atoms with van der Waals surface area (Å²) in [4.78, 5) is 14.7. The van der Waals surface area contributed by atoms with E-state index in [1.165, 1.54) is 0 Å². The van der Waals surface area contributed by atoms with E-state index in [9.17, 15) is 4.79 Å². The predicted octanol–water partition coefficient (Wildman–Crippen LogP) is 1.39. The van der Waals surface area contributed by atoms with Gasteiger partial charge in [-0.3, -0.25) is 4.79 Å². The van der Waals surface area contributed by atoms with E-state index in [0.717, 1.165) is 19.3 Å². The second-order valence-electron chi connectivity index (χ2n) is 6.62. The number of hydrogen-bond donors (Lipinski definition) is 1. The molecule has 4 nitrogen and oxygen atoms in total. The normalized spacial score (nSPS) is 36.4. The molecule has 1 aliphatic heterocycles. The zero-order valence-electron chi connectivity index (χ0n) is 11.8. The Morgan fingerprint density at radius 3 is 2.67 bits per heavy atom. The molecular weight excluding hydrogens is 228 g/mol. The average molecular weight is 254 g/mol. The fourth-order valence-electron chi connectivity index (χ4n) is 3.35. The monoisotopic (exact) mass is 254 g/mol. The van der Waals surface area contributed by atoms with E-state index in [0.29, 0.717) is 25.7 Å². The Morgan fingerprint density at radius 1 is 1.33 bits per heavy atom. The number of hydrogen-bond acceptors (Lipinski definition) is 3. The van der Waals surface area contributed by atoms with E-state index in [1.54, 1.807) is 0 Å². The van der Waals surface area contributed by atoms with Crippen LogP contribution in [-0.4, -0.2) is 42.1 Å². The second-order valence-corrected chi connectivity index (χ2v) is 6.62. The summed E-state index contributed by atoms with van der Waals surface area (Å²) >= 11 is 0. The van der Waals surface area contributed by atoms with Crippen molar-refractivity contribution in [3.63, 3.8) is 0 Å². The van der Waals surface area contributed by atoms with Crippen LogP contribution in [0.25, 0.3) is 0 Å². The summed E-state index contributed by atoms with van der Waals surface area (Å²) in [5.41, 5.74) is 5.87. The number of carbonyl (C=O) groups is 1. The Hall–Kier alpha value is -0.610. The van der Waals surface area contributed by atoms with Gasteiger partial charge in [-0.25, -0.2) is 0 Å². The summed E-state index contributed by atoms with van der Waals surface area (Å²) in [7, 11) is 0. The summed E-state index contributed by atoms with van der Waals surface area (Å²) in [5, 5.41) is 0. The van der Waals surface area contributed by atoms with Gasteiger partial charge >= 0.3 is 0 Å². The topological polar surface area (TPSA) is 55.6 Å². The van der Waals surface area contributed by atoms with Crippen LogP contribution in [0.15, 0.2) is 0 Å². The molecule has 104 valence electrons. The van der Waals surface area contributed by atoms with Gasteiger partial charge in [0.1, 0.15) is 0 Å². The number of amides is 1. The number of nitrogens with two attached hydrogens (primary N) is 1. The molecule has 18 heavy (non-hydrogen) atoms. The van der Waals surface area contributed by atoms with Gasteiger partial charge in [-0.05, 0) is 39.0 Å². The lowest BCUT2D eigenvalue weighted by molar-refractivity contribution is -0.152. The van der Waals surface area contributed by atoms with Crippen molar-refractivity contribution in [2.24, 2.45) is 17.6 Å². The smallest absolute Gasteiger partial charge is 0.226 e. The van der Waals surface area contributed by atoms with Crippen LogP contribution >= 0.6 is 0 Å². The molecule has 1 aliphatic carbocycles. The highest BCUT2D eigenvalue weighted by Crippen LogP contribution is 2.32. The first-order chi connectivity index (χ1) is 8.40. The third-order valence-electron chi connectivity index (χ3n) is 4.24. The Kier molecular flexibility index (Phi) is 3.97. The Morgan fingerprint density at radius 2 is 2.06 bits per heavy atom. The molecule has 1 saturated heterocycles. The van der Waals surface area contributed by atoms with Gasteiger partial charge in [-0.1, -0.05) is 6.92 Å². The second kappa shape index (κ2) is 5.17. The van der Waals surface area contributed by atoms with Gasteiger partial charge in [0.2, 0.25) is 5.91 Å². The minimum absolute atomic E-state index is 0.112. The van der Waals surface area contributed by atoms with Crippen molar-refractivity contribution < 1.29 is 9.53 Å². The zero-order chi connectivity index (χ0) is 13.3. The van der Waals surface area contributed by atoms with Crippen molar-refractivity contribution in [1.82, 2.24) is 4.90 Å². The van der Waals surface area contributed by atoms with E-state index in [1.807, 2.05) is 4.90 Å². The van der Waals surface area contributed by atoms with Gasteiger partial charge in [-0.2, -0.15) is 0 Å². The molecule has 0 aromatic heterocycles. The van der Waals surface area contributed by atoms with Crippen molar-refractivity contribution in [3.05, 3.63) is 0 Å². The van der Waals surface area contributed by atoms with Crippen molar-refractivity contribution in [2.75, 3.05) is 19.8 Å². The Bertz CT molecular complexity index is 307. The maximum atomic E-state index is 12.7. The van der Waals surface area contributed by atoms with Crippen molar-refractivity contribution in [3.8, 4) is 0 Å². The molecule has 1 amide bonds. The molecule has 2 rings (SSSR count). The highest BCUT2D eigenvalue weighted by molar-refractivity contribution is 5.80. The van der Waals surface area contributed by atoms with Crippen LogP contribution in [-0.2, 0) is 9.53 Å². The first-order valence-corrected chi connectivity index (χ1v) is 7.05. The minimum Gasteiger partial charge on any atom is -0.377 e. The fourth-order valence-corrected chi connectivity index (χ4v) is 3.35. The van der Waals surface area contributed by atoms with Gasteiger partial charge in [0.05, 0.1) is 18.8 Å². The molecular formula is C14H26N2O2. The van der Waals surface area contributed by atoms with Crippen LogP contribution in [0.5, 0.6) is 0 Å². The van der Waals surface area contributed by atoms with E-state index in [4.69, 9.17) is 10.5 Å². The number of rotatable bonds is 1. The van der Waals surface area contributed by atoms with Crippen LogP contribution in [0.4, 0.5) is 0 Å². The molecule has 2 N–H and O–H groups in total. The van der Waals surface area contributed by atoms with Gasteiger partial charge in [0.25, 0.3) is 0 Å². The number of carbonyl (C=O) groups excluding carboxylic acids is 1. The standard InChI is InChI=1S/C14H26N2O2/c1-10-6-11(8-12(15)7-10)13(17)16-4-5-18-9-14(16,2)3/h10-12H,4-9,15H2,1-3H3. The molecule has 0 aromatic rings. The van der Waals surface area contributed by atoms with E-state index in [-0.39, 0.29) is 23.4 Å². The highest BCUT2D eigenvalue weighted by Gasteiger charge is 2.39. The highest BCUT2D eigenvalue weighted by atomic mass is 16.5. The maximum Gasteiger partial charge on any atom is 0.226 e. The molecule has 2 aliphatic rings. The molecule has 0 bridgehead atoms. The van der Waals surface area contributed by atoms with Crippen LogP contribution in [0.3, 0.4) is 0 Å². The Balaban J connectivity index is 2.05. The van der Waals surface area contributed by atoms with Crippen molar-refractivity contribution in [1.29, 1.82) is 0 Å². The van der Waals surface area contributed by atoms with E-state index in [2.05, 4.69) is 20.8 Å². The summed E-state index contributed by atoms with van der Waals surface area (Å²) in [6, 6.07) is 0.187. The van der Waals surface area contributed by atoms with Gasteiger partial charge in [-0.15, -0.1) is 0 Å². The Labute approximate surface area is 110 Å². The molecule has 2 fully saturated rings. The summed E-state index contributed by atoms with van der Waals surface area (Å²) in [6.07, 6.45) is 2.88. The molecule has 3 unspecified atom stereocenters. The van der Waals surface area contributed by atoms with Gasteiger partial charge in [0, 0.05) is 18.5 Å². The number of nitrogens with zero attached hydrogens (tertiary/aromatic N) is 1. The summed E-state index contributed by atoms with van der Waals surface area (Å²) in [6.45, 7) is 8.36. The van der Waals surface area contributed by atoms with Crippen molar-refractivity contribution >= 4 is 5.91 Å². The quantitative estimate of drug-likeness (QED) is 0.769. The molecule has 1 saturated carbocycles. The van der Waals surface area contributed by atoms with Gasteiger partial charge in [0.15, 0.2) is 0 Å². The molecule has 0 aromatic carbocycles. The number of ether oxygens (including phenoxy) is 1. The first-order valence-electron chi connectivity index (χ1n) is 7.05. The number of morpholine rings is 1.